The molecule has 0 amide bonds. The Morgan fingerprint density at radius 3 is 1.95 bits per heavy atom. The maximum atomic E-state index is 11.0. The molecule has 0 aromatic heterocycles. The van der Waals surface area contributed by atoms with Crippen LogP contribution in [0.5, 0.6) is 0 Å². The van der Waals surface area contributed by atoms with Gasteiger partial charge >= 0.3 is 11.9 Å². The van der Waals surface area contributed by atoms with Crippen molar-refractivity contribution >= 4 is 11.9 Å². The predicted molar refractivity (Wildman–Crippen MR) is 74.7 cm³/mol. The minimum absolute atomic E-state index is 0.114. The van der Waals surface area contributed by atoms with Gasteiger partial charge in [0.2, 0.25) is 0 Å². The molecule has 1 unspecified atom stereocenters. The van der Waals surface area contributed by atoms with Gasteiger partial charge in [0.15, 0.2) is 0 Å². The van der Waals surface area contributed by atoms with Gasteiger partial charge in [-0.1, -0.05) is 39.0 Å². The maximum absolute atomic E-state index is 11.0. The van der Waals surface area contributed by atoms with Crippen molar-refractivity contribution < 1.29 is 19.1 Å². The fourth-order valence-corrected chi connectivity index (χ4v) is 2.01. The molecule has 0 aliphatic heterocycles. The Kier molecular flexibility index (Phi) is 11.3. The molecule has 0 saturated heterocycles. The summed E-state index contributed by atoms with van der Waals surface area (Å²) in [6.07, 6.45) is 8.70. The monoisotopic (exact) mass is 272 g/mol. The van der Waals surface area contributed by atoms with Gasteiger partial charge in [-0.15, -0.1) is 0 Å². The van der Waals surface area contributed by atoms with Crippen LogP contribution >= 0.6 is 0 Å². The van der Waals surface area contributed by atoms with Crippen molar-refractivity contribution in [2.75, 3.05) is 14.2 Å². The molecule has 1 atom stereocenters. The van der Waals surface area contributed by atoms with Crippen molar-refractivity contribution in [2.24, 2.45) is 5.92 Å². The van der Waals surface area contributed by atoms with Gasteiger partial charge in [-0.05, 0) is 18.8 Å². The molecule has 112 valence electrons. The molecule has 0 rings (SSSR count). The first-order chi connectivity index (χ1) is 9.10. The molecule has 0 aliphatic carbocycles. The third-order valence-corrected chi connectivity index (χ3v) is 3.37. The molecule has 19 heavy (non-hydrogen) atoms. The molecule has 0 N–H and O–H groups in total. The highest BCUT2D eigenvalue weighted by atomic mass is 16.5. The number of unbranched alkanes of at least 4 members (excludes halogenated alkanes) is 4. The molecule has 0 aliphatic rings. The maximum Gasteiger partial charge on any atom is 0.305 e. The number of hydrogen-bond donors (Lipinski definition) is 0. The third kappa shape index (κ3) is 11.7. The van der Waals surface area contributed by atoms with Crippen LogP contribution in [0.25, 0.3) is 0 Å². The third-order valence-electron chi connectivity index (χ3n) is 3.37. The second-order valence-electron chi connectivity index (χ2n) is 5.10. The average Bonchev–Trinajstić information content (AvgIpc) is 2.43. The van der Waals surface area contributed by atoms with Crippen molar-refractivity contribution in [2.45, 2.75) is 64.7 Å². The number of methoxy groups -OCH3 is 2. The Balaban J connectivity index is 3.29. The highest BCUT2D eigenvalue weighted by Crippen LogP contribution is 2.16. The summed E-state index contributed by atoms with van der Waals surface area (Å²) < 4.78 is 9.21. The average molecular weight is 272 g/mol. The van der Waals surface area contributed by atoms with E-state index in [1.807, 2.05) is 0 Å². The molecule has 0 fully saturated rings. The van der Waals surface area contributed by atoms with Crippen LogP contribution in [-0.2, 0) is 19.1 Å². The van der Waals surface area contributed by atoms with E-state index in [0.717, 1.165) is 25.7 Å². The summed E-state index contributed by atoms with van der Waals surface area (Å²) in [7, 11) is 2.86. The van der Waals surface area contributed by atoms with E-state index in [1.54, 1.807) is 0 Å². The summed E-state index contributed by atoms with van der Waals surface area (Å²) in [4.78, 5) is 21.9. The van der Waals surface area contributed by atoms with Crippen LogP contribution in [0, 0.1) is 5.92 Å². The number of rotatable bonds is 11. The molecule has 0 saturated carbocycles. The molecule has 0 aromatic rings. The molecule has 4 nitrogen and oxygen atoms in total. The lowest BCUT2D eigenvalue weighted by Gasteiger charge is -2.10. The molecule has 0 spiro atoms. The lowest BCUT2D eigenvalue weighted by Crippen LogP contribution is -2.04. The van der Waals surface area contributed by atoms with Gasteiger partial charge in [-0.3, -0.25) is 9.59 Å². The zero-order chi connectivity index (χ0) is 14.5. The van der Waals surface area contributed by atoms with Crippen molar-refractivity contribution in [3.05, 3.63) is 0 Å². The van der Waals surface area contributed by atoms with Crippen LogP contribution in [0.4, 0.5) is 0 Å². The molecule has 0 radical (unpaired) electrons. The van der Waals surface area contributed by atoms with E-state index < -0.39 is 0 Å². The lowest BCUT2D eigenvalue weighted by atomic mass is 9.97. The molecule has 4 heteroatoms. The summed E-state index contributed by atoms with van der Waals surface area (Å²) in [5.74, 6) is 0.347. The summed E-state index contributed by atoms with van der Waals surface area (Å²) in [6, 6.07) is 0. The zero-order valence-electron chi connectivity index (χ0n) is 12.6. The Morgan fingerprint density at radius 1 is 0.789 bits per heavy atom. The normalized spacial score (nSPS) is 11.9. The minimum Gasteiger partial charge on any atom is -0.469 e. The van der Waals surface area contributed by atoms with Crippen molar-refractivity contribution in [3.8, 4) is 0 Å². The van der Waals surface area contributed by atoms with E-state index in [4.69, 9.17) is 0 Å². The van der Waals surface area contributed by atoms with Gasteiger partial charge in [0, 0.05) is 12.8 Å². The Bertz CT molecular complexity index is 251. The number of carbonyl (C=O) groups is 2. The van der Waals surface area contributed by atoms with Crippen LogP contribution in [-0.4, -0.2) is 26.2 Å². The van der Waals surface area contributed by atoms with Gasteiger partial charge in [0.1, 0.15) is 0 Å². The number of carbonyl (C=O) groups excluding carboxylic acids is 2. The van der Waals surface area contributed by atoms with E-state index in [-0.39, 0.29) is 11.9 Å². The second kappa shape index (κ2) is 12.0. The SMILES string of the molecule is COC(=O)CCCCCCCC(C)CCC(=O)OC. The van der Waals surface area contributed by atoms with Gasteiger partial charge in [0.25, 0.3) is 0 Å². The lowest BCUT2D eigenvalue weighted by molar-refractivity contribution is -0.141. The highest BCUT2D eigenvalue weighted by molar-refractivity contribution is 5.69. The predicted octanol–water partition coefficient (Wildman–Crippen LogP) is 3.48. The Labute approximate surface area is 116 Å². The van der Waals surface area contributed by atoms with Gasteiger partial charge in [-0.25, -0.2) is 0 Å². The van der Waals surface area contributed by atoms with E-state index in [0.29, 0.717) is 18.8 Å². The smallest absolute Gasteiger partial charge is 0.305 e. The van der Waals surface area contributed by atoms with Crippen molar-refractivity contribution in [3.63, 3.8) is 0 Å². The van der Waals surface area contributed by atoms with Gasteiger partial charge in [-0.2, -0.15) is 0 Å². The van der Waals surface area contributed by atoms with Crippen LogP contribution < -0.4 is 0 Å². The Morgan fingerprint density at radius 2 is 1.32 bits per heavy atom. The number of ether oxygens (including phenoxy) is 2. The molecular formula is C15H28O4. The topological polar surface area (TPSA) is 52.6 Å². The van der Waals surface area contributed by atoms with E-state index in [9.17, 15) is 9.59 Å². The molecule has 0 heterocycles. The van der Waals surface area contributed by atoms with E-state index in [1.165, 1.54) is 33.5 Å². The standard InChI is InChI=1S/C15H28O4/c1-13(11-12-15(17)19-3)9-7-5-4-6-8-10-14(16)18-2/h13H,4-12H2,1-3H3. The fourth-order valence-electron chi connectivity index (χ4n) is 2.01. The quantitative estimate of drug-likeness (QED) is 0.427. The molecule has 0 aromatic carbocycles. The summed E-state index contributed by atoms with van der Waals surface area (Å²) in [6.45, 7) is 2.18. The van der Waals surface area contributed by atoms with Crippen molar-refractivity contribution in [1.82, 2.24) is 0 Å². The Hall–Kier alpha value is -1.06. The summed E-state index contributed by atoms with van der Waals surface area (Å²) in [5.41, 5.74) is 0. The first-order valence-electron chi connectivity index (χ1n) is 7.23. The van der Waals surface area contributed by atoms with Gasteiger partial charge in [0.05, 0.1) is 14.2 Å². The van der Waals surface area contributed by atoms with E-state index in [2.05, 4.69) is 16.4 Å². The summed E-state index contributed by atoms with van der Waals surface area (Å²) in [5, 5.41) is 0. The van der Waals surface area contributed by atoms with E-state index >= 15 is 0 Å². The van der Waals surface area contributed by atoms with Crippen LogP contribution in [0.3, 0.4) is 0 Å². The highest BCUT2D eigenvalue weighted by Gasteiger charge is 2.06. The van der Waals surface area contributed by atoms with Crippen molar-refractivity contribution in [1.29, 1.82) is 0 Å². The van der Waals surface area contributed by atoms with Crippen LogP contribution in [0.1, 0.15) is 64.7 Å². The first-order valence-corrected chi connectivity index (χ1v) is 7.23. The second-order valence-corrected chi connectivity index (χ2v) is 5.10. The molecular weight excluding hydrogens is 244 g/mol. The minimum atomic E-state index is -0.116. The largest absolute Gasteiger partial charge is 0.469 e. The van der Waals surface area contributed by atoms with Gasteiger partial charge < -0.3 is 9.47 Å². The first kappa shape index (κ1) is 17.9. The zero-order valence-corrected chi connectivity index (χ0v) is 12.6. The van der Waals surface area contributed by atoms with Crippen LogP contribution in [0.15, 0.2) is 0 Å². The molecule has 0 bridgehead atoms. The summed E-state index contributed by atoms with van der Waals surface area (Å²) >= 11 is 0. The fraction of sp³-hybridized carbons (Fsp3) is 0.867. The number of hydrogen-bond acceptors (Lipinski definition) is 4. The number of esters is 2. The van der Waals surface area contributed by atoms with Crippen LogP contribution in [0.2, 0.25) is 0 Å².